The van der Waals surface area contributed by atoms with E-state index >= 15 is 0 Å². The van der Waals surface area contributed by atoms with Gasteiger partial charge in [-0.15, -0.1) is 0 Å². The van der Waals surface area contributed by atoms with Crippen molar-refractivity contribution in [3.8, 4) is 6.07 Å². The summed E-state index contributed by atoms with van der Waals surface area (Å²) in [4.78, 5) is 16.2. The highest BCUT2D eigenvalue weighted by atomic mass is 19.4. The molecule has 122 valence electrons. The van der Waals surface area contributed by atoms with E-state index in [4.69, 9.17) is 5.26 Å². The van der Waals surface area contributed by atoms with E-state index in [-0.39, 0.29) is 23.4 Å². The largest absolute Gasteiger partial charge is 0.417 e. The van der Waals surface area contributed by atoms with Gasteiger partial charge in [-0.3, -0.25) is 9.78 Å². The van der Waals surface area contributed by atoms with Gasteiger partial charge in [0.15, 0.2) is 0 Å². The lowest BCUT2D eigenvalue weighted by atomic mass is 10.1. The molecule has 0 unspecified atom stereocenters. The van der Waals surface area contributed by atoms with Gasteiger partial charge in [-0.05, 0) is 42.2 Å². The summed E-state index contributed by atoms with van der Waals surface area (Å²) in [6.07, 6.45) is -0.693. The lowest BCUT2D eigenvalue weighted by Gasteiger charge is -2.11. The second-order valence-corrected chi connectivity index (χ2v) is 5.59. The standard InChI is InChI=1S/C17H12F3N3O/c18-17(19,20)15-6-12(4-3-10(15)8-21)23-16(24)14-7-13(14)11-2-1-5-22-9-11/h1-6,9,13-14H,7H2,(H,23,24)/t13-,14-/m0/s1. The summed E-state index contributed by atoms with van der Waals surface area (Å²) in [5, 5.41) is 11.3. The highest BCUT2D eigenvalue weighted by Gasteiger charge is 2.44. The summed E-state index contributed by atoms with van der Waals surface area (Å²) in [5.74, 6) is -0.569. The second kappa shape index (κ2) is 5.96. The number of aromatic nitrogens is 1. The average molecular weight is 331 g/mol. The van der Waals surface area contributed by atoms with Crippen LogP contribution in [0.4, 0.5) is 18.9 Å². The number of nitriles is 1. The molecular weight excluding hydrogens is 319 g/mol. The fraction of sp³-hybridized carbons (Fsp3) is 0.235. The number of benzene rings is 1. The number of anilines is 1. The smallest absolute Gasteiger partial charge is 0.326 e. The van der Waals surface area contributed by atoms with Crippen molar-refractivity contribution in [3.05, 3.63) is 59.4 Å². The molecule has 1 fully saturated rings. The lowest BCUT2D eigenvalue weighted by molar-refractivity contribution is -0.137. The lowest BCUT2D eigenvalue weighted by Crippen LogP contribution is -2.16. The van der Waals surface area contributed by atoms with Crippen molar-refractivity contribution in [1.29, 1.82) is 5.26 Å². The molecule has 1 aromatic heterocycles. The van der Waals surface area contributed by atoms with Crippen LogP contribution in [-0.2, 0) is 11.0 Å². The average Bonchev–Trinajstić information content (AvgIpc) is 3.35. The summed E-state index contributed by atoms with van der Waals surface area (Å²) in [6.45, 7) is 0. The van der Waals surface area contributed by atoms with Crippen molar-refractivity contribution in [2.45, 2.75) is 18.5 Å². The van der Waals surface area contributed by atoms with E-state index < -0.39 is 17.3 Å². The Kier molecular flexibility index (Phi) is 3.97. The van der Waals surface area contributed by atoms with Crippen molar-refractivity contribution in [1.82, 2.24) is 4.98 Å². The zero-order valence-corrected chi connectivity index (χ0v) is 12.3. The summed E-state index contributed by atoms with van der Waals surface area (Å²) in [7, 11) is 0. The Balaban J connectivity index is 1.73. The molecular formula is C17H12F3N3O. The zero-order chi connectivity index (χ0) is 17.3. The van der Waals surface area contributed by atoms with Crippen molar-refractivity contribution >= 4 is 11.6 Å². The van der Waals surface area contributed by atoms with Crippen LogP contribution in [0.5, 0.6) is 0 Å². The van der Waals surface area contributed by atoms with Gasteiger partial charge in [0.05, 0.1) is 17.2 Å². The number of hydrogen-bond acceptors (Lipinski definition) is 3. The third-order valence-electron chi connectivity index (χ3n) is 3.95. The van der Waals surface area contributed by atoms with Gasteiger partial charge in [-0.1, -0.05) is 6.07 Å². The molecule has 3 rings (SSSR count). The van der Waals surface area contributed by atoms with Crippen LogP contribution < -0.4 is 5.32 Å². The first-order valence-corrected chi connectivity index (χ1v) is 7.22. The molecule has 24 heavy (non-hydrogen) atoms. The van der Waals surface area contributed by atoms with Crippen LogP contribution in [0.25, 0.3) is 0 Å². The summed E-state index contributed by atoms with van der Waals surface area (Å²) in [6, 6.07) is 8.30. The Hall–Kier alpha value is -2.88. The Bertz CT molecular complexity index is 812. The van der Waals surface area contributed by atoms with Crippen molar-refractivity contribution in [3.63, 3.8) is 0 Å². The van der Waals surface area contributed by atoms with Gasteiger partial charge in [-0.2, -0.15) is 18.4 Å². The van der Waals surface area contributed by atoms with Gasteiger partial charge in [-0.25, -0.2) is 0 Å². The Morgan fingerprint density at radius 3 is 2.75 bits per heavy atom. The van der Waals surface area contributed by atoms with Gasteiger partial charge in [0.2, 0.25) is 5.91 Å². The molecule has 0 aliphatic heterocycles. The summed E-state index contributed by atoms with van der Waals surface area (Å²) < 4.78 is 38.8. The van der Waals surface area contributed by atoms with E-state index in [1.54, 1.807) is 18.5 Å². The number of carbonyl (C=O) groups is 1. The van der Waals surface area contributed by atoms with E-state index in [2.05, 4.69) is 10.3 Å². The molecule has 7 heteroatoms. The Morgan fingerprint density at radius 1 is 1.33 bits per heavy atom. The Labute approximate surface area is 135 Å². The van der Waals surface area contributed by atoms with Crippen LogP contribution in [0.15, 0.2) is 42.7 Å². The normalized spacial score (nSPS) is 19.4. The predicted molar refractivity (Wildman–Crippen MR) is 79.9 cm³/mol. The number of halogens is 3. The maximum absolute atomic E-state index is 12.9. The fourth-order valence-electron chi connectivity index (χ4n) is 2.64. The summed E-state index contributed by atoms with van der Waals surface area (Å²) >= 11 is 0. The van der Waals surface area contributed by atoms with Gasteiger partial charge in [0, 0.05) is 24.0 Å². The molecule has 0 bridgehead atoms. The molecule has 0 saturated heterocycles. The number of nitrogens with one attached hydrogen (secondary N) is 1. The van der Waals surface area contributed by atoms with Gasteiger partial charge < -0.3 is 5.32 Å². The molecule has 0 radical (unpaired) electrons. The number of alkyl halides is 3. The maximum Gasteiger partial charge on any atom is 0.417 e. The number of pyridine rings is 1. The first-order chi connectivity index (χ1) is 11.4. The number of hydrogen-bond donors (Lipinski definition) is 1. The fourth-order valence-corrected chi connectivity index (χ4v) is 2.64. The van der Waals surface area contributed by atoms with Crippen LogP contribution in [0.3, 0.4) is 0 Å². The molecule has 1 aromatic carbocycles. The topological polar surface area (TPSA) is 65.8 Å². The molecule has 2 aromatic rings. The van der Waals surface area contributed by atoms with E-state index in [1.807, 2.05) is 6.07 Å². The van der Waals surface area contributed by atoms with Crippen LogP contribution in [0.1, 0.15) is 29.0 Å². The first-order valence-electron chi connectivity index (χ1n) is 7.22. The molecule has 4 nitrogen and oxygen atoms in total. The SMILES string of the molecule is N#Cc1ccc(NC(=O)[C@H]2C[C@H]2c2cccnc2)cc1C(F)(F)F. The van der Waals surface area contributed by atoms with Gasteiger partial charge in [0.25, 0.3) is 0 Å². The summed E-state index contributed by atoms with van der Waals surface area (Å²) in [5.41, 5.74) is -0.556. The first kappa shape index (κ1) is 16.0. The zero-order valence-electron chi connectivity index (χ0n) is 12.3. The highest BCUT2D eigenvalue weighted by Crippen LogP contribution is 2.47. The van der Waals surface area contributed by atoms with Crippen LogP contribution in [0.2, 0.25) is 0 Å². The minimum atomic E-state index is -4.65. The number of carbonyl (C=O) groups excluding carboxylic acids is 1. The van der Waals surface area contributed by atoms with E-state index in [0.717, 1.165) is 17.7 Å². The minimum absolute atomic E-state index is 0.0307. The number of rotatable bonds is 3. The molecule has 1 aliphatic carbocycles. The molecule has 1 amide bonds. The monoisotopic (exact) mass is 331 g/mol. The quantitative estimate of drug-likeness (QED) is 0.932. The van der Waals surface area contributed by atoms with Crippen LogP contribution in [0, 0.1) is 17.2 Å². The predicted octanol–water partition coefficient (Wildman–Crippen LogP) is 3.71. The molecule has 1 N–H and O–H groups in total. The molecule has 0 spiro atoms. The van der Waals surface area contributed by atoms with Crippen LogP contribution in [-0.4, -0.2) is 10.9 Å². The van der Waals surface area contributed by atoms with E-state index in [0.29, 0.717) is 6.42 Å². The number of amides is 1. The third kappa shape index (κ3) is 3.23. The number of nitrogens with zero attached hydrogens (tertiary/aromatic N) is 2. The van der Waals surface area contributed by atoms with Crippen LogP contribution >= 0.6 is 0 Å². The van der Waals surface area contributed by atoms with Gasteiger partial charge in [0.1, 0.15) is 0 Å². The van der Waals surface area contributed by atoms with Crippen molar-refractivity contribution in [2.75, 3.05) is 5.32 Å². The molecule has 2 atom stereocenters. The second-order valence-electron chi connectivity index (χ2n) is 5.59. The minimum Gasteiger partial charge on any atom is -0.326 e. The molecule has 1 heterocycles. The van der Waals surface area contributed by atoms with Crippen molar-refractivity contribution in [2.24, 2.45) is 5.92 Å². The highest BCUT2D eigenvalue weighted by molar-refractivity contribution is 5.95. The van der Waals surface area contributed by atoms with E-state index in [9.17, 15) is 18.0 Å². The maximum atomic E-state index is 12.9. The third-order valence-corrected chi connectivity index (χ3v) is 3.95. The Morgan fingerprint density at radius 2 is 2.12 bits per heavy atom. The molecule has 1 saturated carbocycles. The van der Waals surface area contributed by atoms with Crippen molar-refractivity contribution < 1.29 is 18.0 Å². The van der Waals surface area contributed by atoms with E-state index in [1.165, 1.54) is 12.1 Å². The van der Waals surface area contributed by atoms with Gasteiger partial charge >= 0.3 is 6.18 Å². The molecule has 1 aliphatic rings.